The quantitative estimate of drug-likeness (QED) is 0.286. The number of hydrogen-bond acceptors (Lipinski definition) is 3. The van der Waals surface area contributed by atoms with Crippen LogP contribution >= 0.6 is 0 Å². The van der Waals surface area contributed by atoms with Gasteiger partial charge in [-0.05, 0) is 31.0 Å². The third kappa shape index (κ3) is 2.00. The molecular weight excluding hydrogens is 254 g/mol. The maximum Gasteiger partial charge on any atom is 0.208 e. The number of guanidine groups is 1. The zero-order chi connectivity index (χ0) is 14.1. The molecule has 0 saturated heterocycles. The number of fused-ring (bicyclic) bond motifs is 3. The summed E-state index contributed by atoms with van der Waals surface area (Å²) in [4.78, 5) is 7.76. The van der Waals surface area contributed by atoms with Crippen LogP contribution in [0.3, 0.4) is 0 Å². The molecule has 0 atom stereocenters. The van der Waals surface area contributed by atoms with Crippen molar-refractivity contribution in [2.75, 3.05) is 7.11 Å². The smallest absolute Gasteiger partial charge is 0.208 e. The van der Waals surface area contributed by atoms with Gasteiger partial charge in [0.1, 0.15) is 5.75 Å². The van der Waals surface area contributed by atoms with Crippen LogP contribution in [0.5, 0.6) is 5.75 Å². The van der Waals surface area contributed by atoms with Crippen molar-refractivity contribution in [1.29, 1.82) is 0 Å². The summed E-state index contributed by atoms with van der Waals surface area (Å²) >= 11 is 0. The van der Waals surface area contributed by atoms with Gasteiger partial charge in [0, 0.05) is 22.2 Å². The van der Waals surface area contributed by atoms with Crippen molar-refractivity contribution in [2.24, 2.45) is 16.6 Å². The number of aliphatic imine (C=N–C) groups is 1. The fraction of sp³-hybridized carbons (Fsp3) is 0.214. The van der Waals surface area contributed by atoms with E-state index in [1.54, 1.807) is 7.11 Å². The number of ether oxygens (including phenoxy) is 1. The monoisotopic (exact) mass is 271 g/mol. The second-order valence-electron chi connectivity index (χ2n) is 4.66. The lowest BCUT2D eigenvalue weighted by molar-refractivity contribution is 0.415. The molecule has 0 radical (unpaired) electrons. The van der Waals surface area contributed by atoms with E-state index in [2.05, 4.69) is 21.5 Å². The van der Waals surface area contributed by atoms with E-state index in [0.29, 0.717) is 0 Å². The van der Waals surface area contributed by atoms with E-state index in [9.17, 15) is 0 Å². The molecule has 6 heteroatoms. The fourth-order valence-corrected chi connectivity index (χ4v) is 2.55. The molecule has 0 bridgehead atoms. The highest BCUT2D eigenvalue weighted by molar-refractivity contribution is 5.97. The summed E-state index contributed by atoms with van der Waals surface area (Å²) in [6.07, 6.45) is 3.95. The molecule has 1 aliphatic rings. The third-order valence-corrected chi connectivity index (χ3v) is 3.46. The average molecular weight is 271 g/mol. The van der Waals surface area contributed by atoms with E-state index < -0.39 is 0 Å². The van der Waals surface area contributed by atoms with E-state index in [1.165, 1.54) is 5.69 Å². The number of hydrazine groups is 1. The molecule has 0 unspecified atom stereocenters. The molecule has 6 N–H and O–H groups in total. The van der Waals surface area contributed by atoms with Gasteiger partial charge in [-0.1, -0.05) is 6.08 Å². The number of H-pyrrole nitrogens is 1. The largest absolute Gasteiger partial charge is 0.497 e. The van der Waals surface area contributed by atoms with Crippen LogP contribution in [-0.2, 0) is 6.42 Å². The van der Waals surface area contributed by atoms with E-state index in [-0.39, 0.29) is 5.96 Å². The average Bonchev–Trinajstić information content (AvgIpc) is 2.85. The van der Waals surface area contributed by atoms with Gasteiger partial charge >= 0.3 is 0 Å². The zero-order valence-corrected chi connectivity index (χ0v) is 11.2. The summed E-state index contributed by atoms with van der Waals surface area (Å²) in [7, 11) is 1.66. The minimum atomic E-state index is 0.196. The minimum Gasteiger partial charge on any atom is -0.497 e. The van der Waals surface area contributed by atoms with Crippen LogP contribution in [0.4, 0.5) is 0 Å². The van der Waals surface area contributed by atoms with Gasteiger partial charge in [-0.2, -0.15) is 0 Å². The molecule has 3 rings (SSSR count). The number of nitrogens with two attached hydrogens (primary N) is 2. The molecule has 20 heavy (non-hydrogen) atoms. The molecule has 0 saturated carbocycles. The summed E-state index contributed by atoms with van der Waals surface area (Å²) in [5.74, 6) is 6.30. The molecule has 1 heterocycles. The number of aryl methyl sites for hydroxylation is 1. The first-order valence-corrected chi connectivity index (χ1v) is 6.43. The van der Waals surface area contributed by atoms with Crippen LogP contribution in [0.2, 0.25) is 0 Å². The number of rotatable bonds is 2. The summed E-state index contributed by atoms with van der Waals surface area (Å²) in [5.41, 5.74) is 12.2. The summed E-state index contributed by atoms with van der Waals surface area (Å²) < 4.78 is 5.29. The van der Waals surface area contributed by atoms with E-state index >= 15 is 0 Å². The number of aromatic nitrogens is 1. The van der Waals surface area contributed by atoms with Crippen molar-refractivity contribution in [2.45, 2.75) is 12.8 Å². The van der Waals surface area contributed by atoms with Gasteiger partial charge in [-0.15, -0.1) is 0 Å². The van der Waals surface area contributed by atoms with Gasteiger partial charge in [0.15, 0.2) is 0 Å². The lowest BCUT2D eigenvalue weighted by Gasteiger charge is -2.11. The van der Waals surface area contributed by atoms with Crippen molar-refractivity contribution in [1.82, 2.24) is 10.4 Å². The van der Waals surface area contributed by atoms with E-state index in [1.807, 2.05) is 18.2 Å². The lowest BCUT2D eigenvalue weighted by atomic mass is 9.99. The SMILES string of the molecule is COc1ccc2[nH]c3c(c2c1)C(N=C(N)NN)=CCC3. The van der Waals surface area contributed by atoms with Crippen LogP contribution in [-0.4, -0.2) is 18.1 Å². The molecule has 1 aromatic heterocycles. The second-order valence-corrected chi connectivity index (χ2v) is 4.66. The summed E-state index contributed by atoms with van der Waals surface area (Å²) in [6.45, 7) is 0. The molecule has 1 aliphatic carbocycles. The van der Waals surface area contributed by atoms with Crippen molar-refractivity contribution in [3.8, 4) is 5.75 Å². The Labute approximate surface area is 116 Å². The topological polar surface area (TPSA) is 101 Å². The molecule has 2 aromatic rings. The minimum absolute atomic E-state index is 0.196. The molecular formula is C14H17N5O. The van der Waals surface area contributed by atoms with Crippen LogP contribution in [0.15, 0.2) is 29.3 Å². The Hall–Kier alpha value is -2.47. The van der Waals surface area contributed by atoms with Crippen molar-refractivity contribution in [3.05, 3.63) is 35.5 Å². The summed E-state index contributed by atoms with van der Waals surface area (Å²) in [6, 6.07) is 5.95. The fourth-order valence-electron chi connectivity index (χ4n) is 2.55. The predicted octanol–water partition coefficient (Wildman–Crippen LogP) is 1.24. The number of allylic oxidation sites excluding steroid dienone is 1. The van der Waals surface area contributed by atoms with Gasteiger partial charge in [-0.3, -0.25) is 5.43 Å². The normalized spacial score (nSPS) is 14.9. The number of hydrogen-bond donors (Lipinski definition) is 4. The van der Waals surface area contributed by atoms with Gasteiger partial charge in [0.05, 0.1) is 12.8 Å². The van der Waals surface area contributed by atoms with Gasteiger partial charge < -0.3 is 15.5 Å². The first-order chi connectivity index (χ1) is 9.72. The first kappa shape index (κ1) is 12.6. The molecule has 0 amide bonds. The Morgan fingerprint density at radius 1 is 1.45 bits per heavy atom. The standard InChI is InChI=1S/C14H17N5O/c1-20-8-5-6-10-9(7-8)13-11(17-10)3-2-4-12(13)18-14(15)19-16/h4-7,17H,2-3,16H2,1H3,(H3,15,18,19). The Balaban J connectivity index is 2.19. The Bertz CT molecular complexity index is 714. The van der Waals surface area contributed by atoms with Crippen LogP contribution < -0.4 is 21.7 Å². The number of benzene rings is 1. The molecule has 0 aliphatic heterocycles. The highest BCUT2D eigenvalue weighted by Crippen LogP contribution is 2.35. The third-order valence-electron chi connectivity index (χ3n) is 3.46. The molecule has 0 spiro atoms. The van der Waals surface area contributed by atoms with Gasteiger partial charge in [0.2, 0.25) is 5.96 Å². The van der Waals surface area contributed by atoms with Crippen LogP contribution in [0, 0.1) is 0 Å². The Morgan fingerprint density at radius 2 is 2.30 bits per heavy atom. The zero-order valence-electron chi connectivity index (χ0n) is 11.2. The van der Waals surface area contributed by atoms with E-state index in [0.717, 1.165) is 40.8 Å². The van der Waals surface area contributed by atoms with Gasteiger partial charge in [0.25, 0.3) is 0 Å². The molecule has 0 fully saturated rings. The highest BCUT2D eigenvalue weighted by Gasteiger charge is 2.19. The molecule has 104 valence electrons. The van der Waals surface area contributed by atoms with E-state index in [4.69, 9.17) is 16.3 Å². The first-order valence-electron chi connectivity index (χ1n) is 6.43. The lowest BCUT2D eigenvalue weighted by Crippen LogP contribution is -2.37. The number of nitrogens with zero attached hydrogens (tertiary/aromatic N) is 1. The van der Waals surface area contributed by atoms with Crippen LogP contribution in [0.1, 0.15) is 17.7 Å². The number of aromatic amines is 1. The molecule has 6 nitrogen and oxygen atoms in total. The van der Waals surface area contributed by atoms with Crippen molar-refractivity contribution in [3.63, 3.8) is 0 Å². The summed E-state index contributed by atoms with van der Waals surface area (Å²) in [5, 5.41) is 1.08. The second kappa shape index (κ2) is 4.90. The highest BCUT2D eigenvalue weighted by atomic mass is 16.5. The maximum absolute atomic E-state index is 5.67. The molecule has 1 aromatic carbocycles. The number of nitrogens with one attached hydrogen (secondary N) is 2. The predicted molar refractivity (Wildman–Crippen MR) is 80.1 cm³/mol. The van der Waals surface area contributed by atoms with Crippen molar-refractivity contribution >= 4 is 22.6 Å². The van der Waals surface area contributed by atoms with Crippen molar-refractivity contribution < 1.29 is 4.74 Å². The maximum atomic E-state index is 5.67. The van der Waals surface area contributed by atoms with Gasteiger partial charge in [-0.25, -0.2) is 10.8 Å². The van der Waals surface area contributed by atoms with Crippen LogP contribution in [0.25, 0.3) is 16.6 Å². The Morgan fingerprint density at radius 3 is 3.05 bits per heavy atom. The Kier molecular flexibility index (Phi) is 3.08. The number of methoxy groups -OCH3 is 1.